The number of hydrogen-bond donors (Lipinski definition) is 1. The van der Waals surface area contributed by atoms with Crippen LogP contribution in [0.3, 0.4) is 0 Å². The summed E-state index contributed by atoms with van der Waals surface area (Å²) in [5.41, 5.74) is 0.982. The van der Waals surface area contributed by atoms with Gasteiger partial charge in [-0.25, -0.2) is 0 Å². The average Bonchev–Trinajstić information content (AvgIpc) is 2.84. The topological polar surface area (TPSA) is 49.4 Å². The number of rotatable bonds is 4. The third kappa shape index (κ3) is 3.06. The summed E-state index contributed by atoms with van der Waals surface area (Å²) in [5, 5.41) is 0. The number of nitrogens with zero attached hydrogens (tertiary/aromatic N) is 1. The molecule has 1 aliphatic rings. The van der Waals surface area contributed by atoms with E-state index in [0.717, 1.165) is 18.4 Å². The Morgan fingerprint density at radius 2 is 1.76 bits per heavy atom. The van der Waals surface area contributed by atoms with E-state index in [1.54, 1.807) is 0 Å². The summed E-state index contributed by atoms with van der Waals surface area (Å²) in [6.07, 6.45) is 1.92. The van der Waals surface area contributed by atoms with E-state index in [1.165, 1.54) is 4.31 Å². The largest absolute Gasteiger partial charge is 0.279 e. The molecule has 0 amide bonds. The van der Waals surface area contributed by atoms with Crippen molar-refractivity contribution in [2.75, 3.05) is 13.1 Å². The molecule has 0 saturated carbocycles. The third-order valence-electron chi connectivity index (χ3n) is 3.03. The standard InChI is InChI=1S/C12H18N2O2S/c1-11(12-7-3-2-4-8-12)13-17(15,16)14-9-5-6-10-14/h2-4,7-8,11,13H,5-6,9-10H2,1H3. The zero-order valence-electron chi connectivity index (χ0n) is 9.96. The van der Waals surface area contributed by atoms with E-state index in [0.29, 0.717) is 13.1 Å². The Labute approximate surface area is 103 Å². The van der Waals surface area contributed by atoms with Crippen LogP contribution in [0.25, 0.3) is 0 Å². The van der Waals surface area contributed by atoms with Crippen molar-refractivity contribution in [2.45, 2.75) is 25.8 Å². The van der Waals surface area contributed by atoms with Crippen LogP contribution in [0, 0.1) is 0 Å². The van der Waals surface area contributed by atoms with Gasteiger partial charge in [0.15, 0.2) is 0 Å². The van der Waals surface area contributed by atoms with E-state index in [2.05, 4.69) is 4.72 Å². The predicted octanol–water partition coefficient (Wildman–Crippen LogP) is 1.68. The zero-order valence-corrected chi connectivity index (χ0v) is 10.8. The fourth-order valence-electron chi connectivity index (χ4n) is 2.04. The lowest BCUT2D eigenvalue weighted by Crippen LogP contribution is -2.40. The fraction of sp³-hybridized carbons (Fsp3) is 0.500. The number of benzene rings is 1. The van der Waals surface area contributed by atoms with Crippen LogP contribution in [0.2, 0.25) is 0 Å². The van der Waals surface area contributed by atoms with Crippen LogP contribution in [0.1, 0.15) is 31.4 Å². The van der Waals surface area contributed by atoms with Gasteiger partial charge in [0.1, 0.15) is 0 Å². The molecule has 1 fully saturated rings. The molecule has 0 radical (unpaired) electrons. The molecule has 1 atom stereocenters. The molecule has 1 aromatic carbocycles. The minimum Gasteiger partial charge on any atom is -0.195 e. The second-order valence-corrected chi connectivity index (χ2v) is 6.06. The third-order valence-corrected chi connectivity index (χ3v) is 4.73. The van der Waals surface area contributed by atoms with Gasteiger partial charge in [0.2, 0.25) is 0 Å². The zero-order chi connectivity index (χ0) is 12.3. The van der Waals surface area contributed by atoms with Gasteiger partial charge in [-0.2, -0.15) is 17.4 Å². The molecular weight excluding hydrogens is 236 g/mol. The van der Waals surface area contributed by atoms with Crippen molar-refractivity contribution in [3.8, 4) is 0 Å². The van der Waals surface area contributed by atoms with Crippen molar-refractivity contribution < 1.29 is 8.42 Å². The van der Waals surface area contributed by atoms with Gasteiger partial charge in [-0.05, 0) is 25.3 Å². The van der Waals surface area contributed by atoms with Crippen molar-refractivity contribution in [3.63, 3.8) is 0 Å². The van der Waals surface area contributed by atoms with Crippen molar-refractivity contribution in [3.05, 3.63) is 35.9 Å². The number of nitrogens with one attached hydrogen (secondary N) is 1. The first-order chi connectivity index (χ1) is 8.09. The van der Waals surface area contributed by atoms with Crippen LogP contribution in [-0.4, -0.2) is 25.8 Å². The Morgan fingerprint density at radius 3 is 2.35 bits per heavy atom. The highest BCUT2D eigenvalue weighted by Crippen LogP contribution is 2.16. The maximum Gasteiger partial charge on any atom is 0.279 e. The molecular formula is C12H18N2O2S. The highest BCUT2D eigenvalue weighted by molar-refractivity contribution is 7.87. The van der Waals surface area contributed by atoms with Gasteiger partial charge in [0.25, 0.3) is 10.2 Å². The van der Waals surface area contributed by atoms with E-state index >= 15 is 0 Å². The maximum atomic E-state index is 12.0. The van der Waals surface area contributed by atoms with E-state index in [1.807, 2.05) is 37.3 Å². The monoisotopic (exact) mass is 254 g/mol. The maximum absolute atomic E-state index is 12.0. The minimum absolute atomic E-state index is 0.193. The summed E-state index contributed by atoms with van der Waals surface area (Å²) in [6, 6.07) is 9.41. The van der Waals surface area contributed by atoms with Crippen molar-refractivity contribution in [1.82, 2.24) is 9.03 Å². The first-order valence-corrected chi connectivity index (χ1v) is 7.36. The van der Waals surface area contributed by atoms with E-state index in [-0.39, 0.29) is 6.04 Å². The van der Waals surface area contributed by atoms with Crippen molar-refractivity contribution in [1.29, 1.82) is 0 Å². The minimum atomic E-state index is -3.32. The van der Waals surface area contributed by atoms with Gasteiger partial charge in [0, 0.05) is 19.1 Å². The molecule has 0 bridgehead atoms. The summed E-state index contributed by atoms with van der Waals surface area (Å²) in [4.78, 5) is 0. The molecule has 1 heterocycles. The molecule has 0 aromatic heterocycles. The summed E-state index contributed by atoms with van der Waals surface area (Å²) in [6.45, 7) is 3.14. The summed E-state index contributed by atoms with van der Waals surface area (Å²) < 4.78 is 28.3. The van der Waals surface area contributed by atoms with E-state index in [4.69, 9.17) is 0 Å². The molecule has 0 aliphatic carbocycles. The lowest BCUT2D eigenvalue weighted by atomic mass is 10.1. The highest BCUT2D eigenvalue weighted by atomic mass is 32.2. The summed E-state index contributed by atoms with van der Waals surface area (Å²) >= 11 is 0. The molecule has 1 aliphatic heterocycles. The SMILES string of the molecule is CC(NS(=O)(=O)N1CCCC1)c1ccccc1. The van der Waals surface area contributed by atoms with Gasteiger partial charge in [-0.1, -0.05) is 30.3 Å². The van der Waals surface area contributed by atoms with Crippen molar-refractivity contribution >= 4 is 10.2 Å². The van der Waals surface area contributed by atoms with E-state index < -0.39 is 10.2 Å². The fourth-order valence-corrected chi connectivity index (χ4v) is 3.51. The molecule has 1 aromatic rings. The van der Waals surface area contributed by atoms with Crippen molar-refractivity contribution in [2.24, 2.45) is 0 Å². The predicted molar refractivity (Wildman–Crippen MR) is 67.7 cm³/mol. The first kappa shape index (κ1) is 12.5. The molecule has 17 heavy (non-hydrogen) atoms. The normalized spacial score (nSPS) is 19.4. The second-order valence-electron chi connectivity index (χ2n) is 4.36. The molecule has 1 saturated heterocycles. The quantitative estimate of drug-likeness (QED) is 0.888. The first-order valence-electron chi connectivity index (χ1n) is 5.92. The van der Waals surface area contributed by atoms with Crippen LogP contribution in [0.15, 0.2) is 30.3 Å². The summed E-state index contributed by atoms with van der Waals surface area (Å²) in [5.74, 6) is 0. The lowest BCUT2D eigenvalue weighted by molar-refractivity contribution is 0.457. The van der Waals surface area contributed by atoms with Gasteiger partial charge in [0.05, 0.1) is 0 Å². The Hall–Kier alpha value is -0.910. The molecule has 1 unspecified atom stereocenters. The second kappa shape index (κ2) is 5.16. The molecule has 2 rings (SSSR count). The lowest BCUT2D eigenvalue weighted by Gasteiger charge is -2.20. The molecule has 0 spiro atoms. The van der Waals surface area contributed by atoms with E-state index in [9.17, 15) is 8.42 Å². The van der Waals surface area contributed by atoms with Crippen LogP contribution in [0.4, 0.5) is 0 Å². The van der Waals surface area contributed by atoms with Gasteiger partial charge < -0.3 is 0 Å². The summed E-state index contributed by atoms with van der Waals surface area (Å²) in [7, 11) is -3.32. The van der Waals surface area contributed by atoms with Crippen LogP contribution >= 0.6 is 0 Å². The van der Waals surface area contributed by atoms with Crippen LogP contribution in [0.5, 0.6) is 0 Å². The van der Waals surface area contributed by atoms with Crippen LogP contribution in [-0.2, 0) is 10.2 Å². The average molecular weight is 254 g/mol. The molecule has 5 heteroatoms. The van der Waals surface area contributed by atoms with Gasteiger partial charge in [-0.15, -0.1) is 0 Å². The van der Waals surface area contributed by atoms with Crippen LogP contribution < -0.4 is 4.72 Å². The Kier molecular flexibility index (Phi) is 3.81. The molecule has 94 valence electrons. The Morgan fingerprint density at radius 1 is 1.18 bits per heavy atom. The highest BCUT2D eigenvalue weighted by Gasteiger charge is 2.26. The van der Waals surface area contributed by atoms with Gasteiger partial charge >= 0.3 is 0 Å². The molecule has 1 N–H and O–H groups in total. The Balaban J connectivity index is 2.05. The van der Waals surface area contributed by atoms with Gasteiger partial charge in [-0.3, -0.25) is 0 Å². The Bertz CT molecular complexity index is 453. The molecule has 4 nitrogen and oxygen atoms in total. The number of hydrogen-bond acceptors (Lipinski definition) is 2. The smallest absolute Gasteiger partial charge is 0.195 e.